The molecule has 0 aliphatic carbocycles. The van der Waals surface area contributed by atoms with Crippen molar-refractivity contribution < 1.29 is 4.21 Å². The van der Waals surface area contributed by atoms with Gasteiger partial charge in [0.05, 0.1) is 17.5 Å². The van der Waals surface area contributed by atoms with Gasteiger partial charge in [-0.2, -0.15) is 0 Å². The molecule has 0 bridgehead atoms. The maximum atomic E-state index is 10.5. The van der Waals surface area contributed by atoms with Crippen LogP contribution in [0.25, 0.3) is 0 Å². The van der Waals surface area contributed by atoms with Crippen LogP contribution in [0.1, 0.15) is 6.92 Å². The zero-order valence-electron chi connectivity index (χ0n) is 4.81. The molecule has 3 heteroatoms. The van der Waals surface area contributed by atoms with Crippen LogP contribution in [0.15, 0.2) is 0 Å². The summed E-state index contributed by atoms with van der Waals surface area (Å²) in [6.45, 7) is 2.22. The van der Waals surface area contributed by atoms with Gasteiger partial charge in [-0.05, 0) is 0 Å². The predicted molar refractivity (Wildman–Crippen MR) is 35.5 cm³/mol. The lowest BCUT2D eigenvalue weighted by Gasteiger charge is -1.92. The van der Waals surface area contributed by atoms with Gasteiger partial charge in [-0.1, -0.05) is 12.8 Å². The maximum Gasteiger partial charge on any atom is 0.0921 e. The molecule has 0 aliphatic rings. The van der Waals surface area contributed by atoms with Gasteiger partial charge in [0.25, 0.3) is 0 Å². The topological polar surface area (TPSA) is 29.1 Å². The minimum absolute atomic E-state index is 0.389. The molecule has 0 radical (unpaired) electrons. The first kappa shape index (κ1) is 7.67. The van der Waals surface area contributed by atoms with E-state index in [9.17, 15) is 4.21 Å². The van der Waals surface area contributed by atoms with Crippen molar-refractivity contribution in [1.82, 2.24) is 4.72 Å². The van der Waals surface area contributed by atoms with Crippen LogP contribution < -0.4 is 4.72 Å². The summed E-state index contributed by atoms with van der Waals surface area (Å²) >= 11 is 0. The minimum Gasteiger partial charge on any atom is -0.243 e. The molecule has 0 aromatic heterocycles. The van der Waals surface area contributed by atoms with Crippen LogP contribution in [-0.2, 0) is 11.0 Å². The molecule has 0 saturated heterocycles. The van der Waals surface area contributed by atoms with E-state index in [2.05, 4.69) is 10.6 Å². The zero-order chi connectivity index (χ0) is 6.41. The molecule has 0 aliphatic heterocycles. The summed E-state index contributed by atoms with van der Waals surface area (Å²) in [6.07, 6.45) is 4.88. The maximum absolute atomic E-state index is 10.5. The van der Waals surface area contributed by atoms with Crippen molar-refractivity contribution in [3.05, 3.63) is 0 Å². The second kappa shape index (κ2) is 4.82. The molecular weight excluding hydrogens is 122 g/mol. The number of hydrogen-bond acceptors (Lipinski definition) is 1. The number of hydrogen-bond donors (Lipinski definition) is 1. The summed E-state index contributed by atoms with van der Waals surface area (Å²) in [5, 5.41) is 0. The Bertz CT molecular complexity index is 116. The smallest absolute Gasteiger partial charge is 0.0921 e. The highest BCUT2D eigenvalue weighted by atomic mass is 32.2. The first-order valence-electron chi connectivity index (χ1n) is 2.36. The molecule has 0 rings (SSSR count). The Morgan fingerprint density at radius 1 is 1.88 bits per heavy atom. The van der Waals surface area contributed by atoms with E-state index in [1.54, 1.807) is 0 Å². The molecule has 1 atom stereocenters. The van der Waals surface area contributed by atoms with Gasteiger partial charge in [0, 0.05) is 5.75 Å². The Balaban J connectivity index is 3.15. The molecule has 0 fully saturated rings. The summed E-state index contributed by atoms with van der Waals surface area (Å²) in [6, 6.07) is 0. The first-order chi connectivity index (χ1) is 3.81. The van der Waals surface area contributed by atoms with Crippen LogP contribution in [0.4, 0.5) is 0 Å². The van der Waals surface area contributed by atoms with Gasteiger partial charge in [0.1, 0.15) is 0 Å². The normalized spacial score (nSPS) is 12.5. The van der Waals surface area contributed by atoms with Gasteiger partial charge in [-0.15, -0.1) is 6.42 Å². The molecule has 0 heterocycles. The van der Waals surface area contributed by atoms with Crippen LogP contribution in [0.2, 0.25) is 0 Å². The molecule has 0 aromatic carbocycles. The van der Waals surface area contributed by atoms with Crippen molar-refractivity contribution >= 4 is 11.0 Å². The number of rotatable bonds is 3. The van der Waals surface area contributed by atoms with Crippen LogP contribution in [0.5, 0.6) is 0 Å². The second-order valence-corrected chi connectivity index (χ2v) is 2.72. The Kier molecular flexibility index (Phi) is 4.62. The summed E-state index contributed by atoms with van der Waals surface area (Å²) in [5.74, 6) is 2.94. The van der Waals surface area contributed by atoms with Gasteiger partial charge >= 0.3 is 0 Å². The van der Waals surface area contributed by atoms with Crippen molar-refractivity contribution in [3.8, 4) is 12.3 Å². The molecule has 2 nitrogen and oxygen atoms in total. The largest absolute Gasteiger partial charge is 0.243 e. The SMILES string of the molecule is C#CCNS(=O)CC. The molecular formula is C5H9NOS. The Labute approximate surface area is 52.3 Å². The highest BCUT2D eigenvalue weighted by Crippen LogP contribution is 1.69. The summed E-state index contributed by atoms with van der Waals surface area (Å²) in [5.41, 5.74) is 0. The van der Waals surface area contributed by atoms with Crippen molar-refractivity contribution in [3.63, 3.8) is 0 Å². The van der Waals surface area contributed by atoms with E-state index in [1.807, 2.05) is 6.92 Å². The van der Waals surface area contributed by atoms with E-state index >= 15 is 0 Å². The lowest BCUT2D eigenvalue weighted by molar-refractivity contribution is 0.677. The molecule has 0 aromatic rings. The van der Waals surface area contributed by atoms with Crippen LogP contribution in [0, 0.1) is 12.3 Å². The molecule has 8 heavy (non-hydrogen) atoms. The van der Waals surface area contributed by atoms with Crippen molar-refractivity contribution in [1.29, 1.82) is 0 Å². The van der Waals surface area contributed by atoms with Gasteiger partial charge in [-0.3, -0.25) is 0 Å². The van der Waals surface area contributed by atoms with E-state index in [4.69, 9.17) is 6.42 Å². The van der Waals surface area contributed by atoms with Gasteiger partial charge < -0.3 is 0 Å². The van der Waals surface area contributed by atoms with E-state index in [0.29, 0.717) is 12.3 Å². The van der Waals surface area contributed by atoms with Gasteiger partial charge in [-0.25, -0.2) is 8.93 Å². The monoisotopic (exact) mass is 131 g/mol. The Morgan fingerprint density at radius 3 is 2.88 bits per heavy atom. The molecule has 46 valence electrons. The van der Waals surface area contributed by atoms with Crippen molar-refractivity contribution in [2.75, 3.05) is 12.3 Å². The fourth-order valence-electron chi connectivity index (χ4n) is 0.224. The fourth-order valence-corrected chi connectivity index (χ4v) is 0.673. The predicted octanol–water partition coefficient (Wildman–Crippen LogP) is -0.107. The quantitative estimate of drug-likeness (QED) is 0.532. The summed E-state index contributed by atoms with van der Waals surface area (Å²) in [7, 11) is -0.919. The van der Waals surface area contributed by atoms with Crippen LogP contribution in [-0.4, -0.2) is 16.5 Å². The number of nitrogens with one attached hydrogen (secondary N) is 1. The summed E-state index contributed by atoms with van der Waals surface area (Å²) < 4.78 is 13.1. The van der Waals surface area contributed by atoms with Crippen molar-refractivity contribution in [2.24, 2.45) is 0 Å². The van der Waals surface area contributed by atoms with Gasteiger partial charge in [0.2, 0.25) is 0 Å². The third kappa shape index (κ3) is 3.85. The average molecular weight is 131 g/mol. The third-order valence-electron chi connectivity index (χ3n) is 0.597. The second-order valence-electron chi connectivity index (χ2n) is 1.16. The van der Waals surface area contributed by atoms with Crippen LogP contribution >= 0.6 is 0 Å². The van der Waals surface area contributed by atoms with E-state index < -0.39 is 11.0 Å². The van der Waals surface area contributed by atoms with E-state index in [1.165, 1.54) is 0 Å². The third-order valence-corrected chi connectivity index (χ3v) is 1.59. The lowest BCUT2D eigenvalue weighted by Crippen LogP contribution is -2.18. The molecule has 0 saturated carbocycles. The first-order valence-corrected chi connectivity index (χ1v) is 3.68. The van der Waals surface area contributed by atoms with E-state index in [-0.39, 0.29) is 0 Å². The molecule has 1 N–H and O–H groups in total. The molecule has 1 unspecified atom stereocenters. The van der Waals surface area contributed by atoms with Gasteiger partial charge in [0.15, 0.2) is 0 Å². The Morgan fingerprint density at radius 2 is 2.50 bits per heavy atom. The molecule has 0 spiro atoms. The summed E-state index contributed by atoms with van der Waals surface area (Å²) in [4.78, 5) is 0. The van der Waals surface area contributed by atoms with Crippen LogP contribution in [0.3, 0.4) is 0 Å². The lowest BCUT2D eigenvalue weighted by atomic mass is 10.7. The molecule has 0 amide bonds. The Hall–Kier alpha value is -0.330. The number of terminal acetylenes is 1. The fraction of sp³-hybridized carbons (Fsp3) is 0.600. The minimum atomic E-state index is -0.919. The highest BCUT2D eigenvalue weighted by molar-refractivity contribution is 7.82. The zero-order valence-corrected chi connectivity index (χ0v) is 5.62. The average Bonchev–Trinajstić information content (AvgIpc) is 1.83. The highest BCUT2D eigenvalue weighted by Gasteiger charge is 1.87. The van der Waals surface area contributed by atoms with E-state index in [0.717, 1.165) is 0 Å². The van der Waals surface area contributed by atoms with Crippen molar-refractivity contribution in [2.45, 2.75) is 6.92 Å². The standard InChI is InChI=1S/C5H9NOS/c1-3-5-6-8(7)4-2/h1,6H,4-5H2,2H3.